The van der Waals surface area contributed by atoms with Crippen molar-refractivity contribution in [3.63, 3.8) is 0 Å². The first-order valence-corrected chi connectivity index (χ1v) is 11.3. The second-order valence-corrected chi connectivity index (χ2v) is 10.2. The fourth-order valence-corrected chi connectivity index (χ4v) is 4.40. The predicted octanol–water partition coefficient (Wildman–Crippen LogP) is 3.80. The second kappa shape index (κ2) is 9.31. The fraction of sp³-hybridized carbons (Fsp3) is 0.176. The molecule has 0 aliphatic heterocycles. The smallest absolute Gasteiger partial charge is 0.242 e. The number of benzene rings is 2. The van der Waals surface area contributed by atoms with E-state index in [0.29, 0.717) is 14.6 Å². The third kappa shape index (κ3) is 5.51. The Morgan fingerprint density at radius 1 is 1.21 bits per heavy atom. The van der Waals surface area contributed by atoms with Gasteiger partial charge in [0.2, 0.25) is 10.0 Å². The molecule has 0 bridgehead atoms. The van der Waals surface area contributed by atoms with Gasteiger partial charge < -0.3 is 10.4 Å². The molecular formula is C17H18Br2N4O3S2. The Balaban J connectivity index is 2.11. The normalized spacial score (nSPS) is 11.8. The summed E-state index contributed by atoms with van der Waals surface area (Å²) in [5, 5.41) is 16.9. The van der Waals surface area contributed by atoms with Crippen LogP contribution in [0.25, 0.3) is 0 Å². The highest BCUT2D eigenvalue weighted by molar-refractivity contribution is 9.11. The highest BCUT2D eigenvalue weighted by Gasteiger charge is 2.18. The molecule has 2 aromatic rings. The molecule has 2 aromatic carbocycles. The number of phenolic OH excluding ortho intramolecular Hbond substituents is 1. The number of halogens is 2. The molecule has 0 saturated heterocycles. The van der Waals surface area contributed by atoms with Crippen LogP contribution in [0.15, 0.2) is 49.3 Å². The maximum absolute atomic E-state index is 12.3. The van der Waals surface area contributed by atoms with Gasteiger partial charge in [0.15, 0.2) is 5.11 Å². The van der Waals surface area contributed by atoms with Crippen LogP contribution < -0.4 is 10.7 Å². The monoisotopic (exact) mass is 548 g/mol. The van der Waals surface area contributed by atoms with Gasteiger partial charge in [-0.3, -0.25) is 5.43 Å². The Morgan fingerprint density at radius 2 is 1.82 bits per heavy atom. The highest BCUT2D eigenvalue weighted by Crippen LogP contribution is 2.32. The minimum absolute atomic E-state index is 0.102. The summed E-state index contributed by atoms with van der Waals surface area (Å²) in [4.78, 5) is 0.163. The number of hydrogen-bond acceptors (Lipinski definition) is 5. The van der Waals surface area contributed by atoms with Crippen molar-refractivity contribution in [1.29, 1.82) is 0 Å². The van der Waals surface area contributed by atoms with E-state index in [4.69, 9.17) is 12.2 Å². The molecule has 7 nitrogen and oxygen atoms in total. The molecular weight excluding hydrogens is 532 g/mol. The van der Waals surface area contributed by atoms with Crippen molar-refractivity contribution in [3.8, 4) is 5.75 Å². The molecule has 0 aliphatic rings. The van der Waals surface area contributed by atoms with E-state index in [1.54, 1.807) is 24.3 Å². The lowest BCUT2D eigenvalue weighted by atomic mass is 10.2. The number of nitrogens with one attached hydrogen (secondary N) is 2. The molecule has 0 spiro atoms. The van der Waals surface area contributed by atoms with E-state index in [9.17, 15) is 13.5 Å². The molecule has 0 saturated carbocycles. The summed E-state index contributed by atoms with van der Waals surface area (Å²) in [7, 11) is -0.595. The van der Waals surface area contributed by atoms with Crippen LogP contribution in [-0.2, 0) is 10.0 Å². The second-order valence-electron chi connectivity index (χ2n) is 5.92. The number of sulfonamides is 1. The van der Waals surface area contributed by atoms with Crippen LogP contribution in [0.3, 0.4) is 0 Å². The van der Waals surface area contributed by atoms with E-state index in [0.717, 1.165) is 15.4 Å². The van der Waals surface area contributed by atoms with Crippen molar-refractivity contribution in [2.75, 3.05) is 19.4 Å². The fourth-order valence-electron chi connectivity index (χ4n) is 2.08. The molecule has 3 N–H and O–H groups in total. The van der Waals surface area contributed by atoms with Crippen LogP contribution in [0, 0.1) is 6.92 Å². The summed E-state index contributed by atoms with van der Waals surface area (Å²) < 4.78 is 26.8. The zero-order valence-corrected chi connectivity index (χ0v) is 20.0. The number of aryl methyl sites for hydroxylation is 1. The first kappa shape index (κ1) is 22.8. The van der Waals surface area contributed by atoms with Crippen molar-refractivity contribution in [3.05, 3.63) is 50.4 Å². The number of anilines is 1. The van der Waals surface area contributed by atoms with Gasteiger partial charge in [-0.25, -0.2) is 12.7 Å². The molecule has 0 aromatic heterocycles. The van der Waals surface area contributed by atoms with E-state index >= 15 is 0 Å². The topological polar surface area (TPSA) is 94.0 Å². The highest BCUT2D eigenvalue weighted by atomic mass is 79.9. The van der Waals surface area contributed by atoms with Crippen molar-refractivity contribution in [2.45, 2.75) is 11.8 Å². The number of aromatic hydroxyl groups is 1. The van der Waals surface area contributed by atoms with Gasteiger partial charge in [-0.1, -0.05) is 6.07 Å². The van der Waals surface area contributed by atoms with Gasteiger partial charge in [-0.15, -0.1) is 0 Å². The maximum atomic E-state index is 12.3. The molecule has 0 amide bonds. The van der Waals surface area contributed by atoms with Crippen LogP contribution in [0.2, 0.25) is 0 Å². The van der Waals surface area contributed by atoms with Crippen LogP contribution >= 0.6 is 44.1 Å². The average Bonchev–Trinajstić information content (AvgIpc) is 2.61. The number of hydrazone groups is 1. The Kier molecular flexibility index (Phi) is 7.57. The number of nitrogens with zero attached hydrogens (tertiary/aromatic N) is 2. The third-order valence-electron chi connectivity index (χ3n) is 3.65. The predicted molar refractivity (Wildman–Crippen MR) is 123 cm³/mol. The molecule has 11 heteroatoms. The third-order valence-corrected chi connectivity index (χ3v) is 6.87. The van der Waals surface area contributed by atoms with E-state index in [-0.39, 0.29) is 15.8 Å². The van der Waals surface area contributed by atoms with Crippen LogP contribution in [0.4, 0.5) is 5.69 Å². The van der Waals surface area contributed by atoms with Gasteiger partial charge in [0.25, 0.3) is 0 Å². The SMILES string of the molecule is Cc1ccc(S(=O)(=O)N(C)C)cc1NC(=S)NN=Cc1cc(Br)c(O)c(Br)c1. The summed E-state index contributed by atoms with van der Waals surface area (Å²) in [5.74, 6) is 0.102. The molecule has 0 heterocycles. The lowest BCUT2D eigenvalue weighted by Gasteiger charge is -2.15. The van der Waals surface area contributed by atoms with Gasteiger partial charge >= 0.3 is 0 Å². The minimum Gasteiger partial charge on any atom is -0.506 e. The van der Waals surface area contributed by atoms with E-state index in [1.807, 2.05) is 6.92 Å². The summed E-state index contributed by atoms with van der Waals surface area (Å²) in [5.41, 5.74) is 4.79. The van der Waals surface area contributed by atoms with Crippen molar-refractivity contribution in [1.82, 2.24) is 9.73 Å². The lowest BCUT2D eigenvalue weighted by Crippen LogP contribution is -2.25. The zero-order valence-electron chi connectivity index (χ0n) is 15.2. The molecule has 0 fully saturated rings. The molecule has 0 aliphatic carbocycles. The quantitative estimate of drug-likeness (QED) is 0.298. The Morgan fingerprint density at radius 3 is 2.39 bits per heavy atom. The van der Waals surface area contributed by atoms with Gasteiger partial charge in [0.1, 0.15) is 5.75 Å². The summed E-state index contributed by atoms with van der Waals surface area (Å²) in [6.07, 6.45) is 1.53. The number of phenols is 1. The van der Waals surface area contributed by atoms with E-state index in [1.165, 1.54) is 26.4 Å². The summed E-state index contributed by atoms with van der Waals surface area (Å²) >= 11 is 11.7. The van der Waals surface area contributed by atoms with Gasteiger partial charge in [-0.2, -0.15) is 5.10 Å². The maximum Gasteiger partial charge on any atom is 0.242 e. The van der Waals surface area contributed by atoms with Gasteiger partial charge in [0, 0.05) is 19.8 Å². The Hall–Kier alpha value is -1.53. The zero-order chi connectivity index (χ0) is 21.1. The number of rotatable bonds is 5. The van der Waals surface area contributed by atoms with Crippen molar-refractivity contribution < 1.29 is 13.5 Å². The first-order valence-electron chi connectivity index (χ1n) is 7.83. The standard InChI is InChI=1S/C17H18Br2N4O3S2/c1-10-4-5-12(28(25,26)23(2)3)8-15(10)21-17(27)22-20-9-11-6-13(18)16(24)14(19)7-11/h4-9,24H,1-3H3,(H2,21,22,27). The van der Waals surface area contributed by atoms with E-state index < -0.39 is 10.0 Å². The first-order chi connectivity index (χ1) is 13.0. The lowest BCUT2D eigenvalue weighted by molar-refractivity contribution is 0.468. The summed E-state index contributed by atoms with van der Waals surface area (Å²) in [6.45, 7) is 1.84. The number of hydrogen-bond donors (Lipinski definition) is 3. The molecule has 0 atom stereocenters. The average molecular weight is 550 g/mol. The van der Waals surface area contributed by atoms with Gasteiger partial charge in [-0.05, 0) is 86.4 Å². The van der Waals surface area contributed by atoms with Gasteiger partial charge in [0.05, 0.1) is 20.1 Å². The molecule has 28 heavy (non-hydrogen) atoms. The molecule has 2 rings (SSSR count). The molecule has 0 radical (unpaired) electrons. The largest absolute Gasteiger partial charge is 0.506 e. The molecule has 0 unspecified atom stereocenters. The van der Waals surface area contributed by atoms with E-state index in [2.05, 4.69) is 47.7 Å². The van der Waals surface area contributed by atoms with Crippen molar-refractivity contribution in [2.24, 2.45) is 5.10 Å². The van der Waals surface area contributed by atoms with Crippen LogP contribution in [0.1, 0.15) is 11.1 Å². The molecule has 150 valence electrons. The van der Waals surface area contributed by atoms with Crippen LogP contribution in [0.5, 0.6) is 5.75 Å². The minimum atomic E-state index is -3.55. The van der Waals surface area contributed by atoms with Crippen LogP contribution in [-0.4, -0.2) is 43.3 Å². The van der Waals surface area contributed by atoms with Crippen molar-refractivity contribution >= 4 is 71.1 Å². The Labute approximate surface area is 186 Å². The Bertz CT molecular complexity index is 1020. The summed E-state index contributed by atoms with van der Waals surface area (Å²) in [6, 6.07) is 8.17. The number of thiocarbonyl (C=S) groups is 1.